The molecule has 0 unspecified atom stereocenters. The standard InChI is InChI=1S/C9H9F3N2O3S/c10-9(11,12)5-17-14-7(15)4-13-8(16)6-2-1-3-18-6/h1-3H,4-5H2,(H,13,16)(H,14,15). The third-order valence-electron chi connectivity index (χ3n) is 1.58. The third-order valence-corrected chi connectivity index (χ3v) is 2.44. The van der Waals surface area contributed by atoms with E-state index in [2.05, 4.69) is 10.2 Å². The van der Waals surface area contributed by atoms with Crippen molar-refractivity contribution in [2.45, 2.75) is 6.18 Å². The first-order chi connectivity index (χ1) is 8.38. The second-order valence-electron chi connectivity index (χ2n) is 3.09. The Bertz CT molecular complexity index is 406. The predicted molar refractivity (Wildman–Crippen MR) is 56.8 cm³/mol. The largest absolute Gasteiger partial charge is 0.414 e. The fourth-order valence-corrected chi connectivity index (χ4v) is 1.53. The maximum absolute atomic E-state index is 11.7. The zero-order valence-electron chi connectivity index (χ0n) is 8.91. The van der Waals surface area contributed by atoms with Gasteiger partial charge in [0, 0.05) is 0 Å². The highest BCUT2D eigenvalue weighted by Gasteiger charge is 2.28. The average Bonchev–Trinajstić information content (AvgIpc) is 2.77. The predicted octanol–water partition coefficient (Wildman–Crippen LogP) is 1.09. The highest BCUT2D eigenvalue weighted by atomic mass is 32.1. The Morgan fingerprint density at radius 3 is 2.67 bits per heavy atom. The van der Waals surface area contributed by atoms with E-state index in [0.29, 0.717) is 4.88 Å². The molecule has 0 aromatic carbocycles. The normalized spacial score (nSPS) is 11.1. The summed E-state index contributed by atoms with van der Waals surface area (Å²) < 4.78 is 35.0. The molecule has 0 radical (unpaired) electrons. The number of carbonyl (C=O) groups is 2. The molecule has 18 heavy (non-hydrogen) atoms. The molecule has 0 fully saturated rings. The number of hydrogen-bond donors (Lipinski definition) is 2. The van der Waals surface area contributed by atoms with E-state index in [0.717, 1.165) is 0 Å². The quantitative estimate of drug-likeness (QED) is 0.794. The molecule has 1 heterocycles. The SMILES string of the molecule is O=C(CNC(=O)c1cccs1)NOCC(F)(F)F. The number of nitrogens with one attached hydrogen (secondary N) is 2. The molecule has 0 atom stereocenters. The topological polar surface area (TPSA) is 67.4 Å². The fourth-order valence-electron chi connectivity index (χ4n) is 0.890. The number of halogens is 3. The van der Waals surface area contributed by atoms with Crippen LogP contribution in [0.3, 0.4) is 0 Å². The summed E-state index contributed by atoms with van der Waals surface area (Å²) in [7, 11) is 0. The Labute approximate surface area is 104 Å². The van der Waals surface area contributed by atoms with Gasteiger partial charge in [0.05, 0.1) is 11.4 Å². The molecule has 5 nitrogen and oxygen atoms in total. The van der Waals surface area contributed by atoms with Crippen molar-refractivity contribution in [2.24, 2.45) is 0 Å². The molecule has 0 saturated carbocycles. The monoisotopic (exact) mass is 282 g/mol. The van der Waals surface area contributed by atoms with Gasteiger partial charge >= 0.3 is 6.18 Å². The molecule has 1 aromatic rings. The summed E-state index contributed by atoms with van der Waals surface area (Å²) in [6.07, 6.45) is -4.52. The number of alkyl halides is 3. The van der Waals surface area contributed by atoms with Gasteiger partial charge in [-0.3, -0.25) is 14.4 Å². The van der Waals surface area contributed by atoms with Gasteiger partial charge in [-0.25, -0.2) is 5.48 Å². The molecule has 0 aliphatic rings. The molecule has 0 aliphatic heterocycles. The van der Waals surface area contributed by atoms with Gasteiger partial charge in [-0.2, -0.15) is 13.2 Å². The van der Waals surface area contributed by atoms with Crippen molar-refractivity contribution in [1.82, 2.24) is 10.8 Å². The summed E-state index contributed by atoms with van der Waals surface area (Å²) in [6, 6.07) is 3.21. The highest BCUT2D eigenvalue weighted by molar-refractivity contribution is 7.12. The molecule has 0 saturated heterocycles. The molecule has 0 aliphatic carbocycles. The highest BCUT2D eigenvalue weighted by Crippen LogP contribution is 2.13. The molecule has 2 N–H and O–H groups in total. The Morgan fingerprint density at radius 1 is 1.39 bits per heavy atom. The van der Waals surface area contributed by atoms with Crippen LogP contribution in [0, 0.1) is 0 Å². The fraction of sp³-hybridized carbons (Fsp3) is 0.333. The Hall–Kier alpha value is -1.61. The van der Waals surface area contributed by atoms with Crippen LogP contribution >= 0.6 is 11.3 Å². The van der Waals surface area contributed by atoms with E-state index >= 15 is 0 Å². The maximum Gasteiger partial charge on any atom is 0.414 e. The van der Waals surface area contributed by atoms with Gasteiger partial charge in [-0.15, -0.1) is 11.3 Å². The zero-order chi connectivity index (χ0) is 13.6. The molecule has 2 amide bonds. The summed E-state index contributed by atoms with van der Waals surface area (Å²) in [5.41, 5.74) is 1.57. The second kappa shape index (κ2) is 6.36. The summed E-state index contributed by atoms with van der Waals surface area (Å²) in [5, 5.41) is 3.91. The van der Waals surface area contributed by atoms with E-state index in [9.17, 15) is 22.8 Å². The molecule has 0 bridgehead atoms. The lowest BCUT2D eigenvalue weighted by Gasteiger charge is -2.08. The van der Waals surface area contributed by atoms with Crippen molar-refractivity contribution in [2.75, 3.05) is 13.2 Å². The van der Waals surface area contributed by atoms with Gasteiger partial charge in [0.1, 0.15) is 0 Å². The molecule has 1 aromatic heterocycles. The van der Waals surface area contributed by atoms with Crippen LogP contribution in [0.15, 0.2) is 17.5 Å². The molecular formula is C9H9F3N2O3S. The first-order valence-electron chi connectivity index (χ1n) is 4.67. The maximum atomic E-state index is 11.7. The van der Waals surface area contributed by atoms with Crippen LogP contribution in [-0.2, 0) is 9.63 Å². The van der Waals surface area contributed by atoms with Crippen LogP contribution in [0.4, 0.5) is 13.2 Å². The van der Waals surface area contributed by atoms with E-state index in [1.165, 1.54) is 11.3 Å². The Morgan fingerprint density at radius 2 is 2.11 bits per heavy atom. The number of hydroxylamine groups is 1. The van der Waals surface area contributed by atoms with E-state index in [1.54, 1.807) is 23.0 Å². The first-order valence-corrected chi connectivity index (χ1v) is 5.55. The van der Waals surface area contributed by atoms with Gasteiger partial charge in [0.2, 0.25) is 0 Å². The van der Waals surface area contributed by atoms with Crippen molar-refractivity contribution >= 4 is 23.2 Å². The van der Waals surface area contributed by atoms with Crippen LogP contribution in [0.25, 0.3) is 0 Å². The number of rotatable bonds is 5. The van der Waals surface area contributed by atoms with Crippen molar-refractivity contribution in [3.63, 3.8) is 0 Å². The Balaban J connectivity index is 2.20. The minimum atomic E-state index is -4.52. The van der Waals surface area contributed by atoms with Crippen LogP contribution in [0.5, 0.6) is 0 Å². The van der Waals surface area contributed by atoms with E-state index in [1.807, 2.05) is 0 Å². The zero-order valence-corrected chi connectivity index (χ0v) is 9.73. The molecular weight excluding hydrogens is 273 g/mol. The minimum absolute atomic E-state index is 0.402. The van der Waals surface area contributed by atoms with E-state index in [-0.39, 0.29) is 0 Å². The number of hydrogen-bond acceptors (Lipinski definition) is 4. The summed E-state index contributed by atoms with van der Waals surface area (Å²) in [4.78, 5) is 26.6. The molecule has 0 spiro atoms. The van der Waals surface area contributed by atoms with Crippen molar-refractivity contribution in [3.05, 3.63) is 22.4 Å². The van der Waals surface area contributed by atoms with Gasteiger partial charge in [-0.1, -0.05) is 6.07 Å². The van der Waals surface area contributed by atoms with Crippen molar-refractivity contribution in [3.8, 4) is 0 Å². The minimum Gasteiger partial charge on any atom is -0.342 e. The van der Waals surface area contributed by atoms with Crippen molar-refractivity contribution < 1.29 is 27.6 Å². The molecule has 1 rings (SSSR count). The van der Waals surface area contributed by atoms with Crippen LogP contribution in [-0.4, -0.2) is 31.1 Å². The van der Waals surface area contributed by atoms with Crippen LogP contribution in [0.2, 0.25) is 0 Å². The van der Waals surface area contributed by atoms with E-state index in [4.69, 9.17) is 0 Å². The lowest BCUT2D eigenvalue weighted by atomic mass is 10.4. The van der Waals surface area contributed by atoms with Crippen LogP contribution in [0.1, 0.15) is 9.67 Å². The van der Waals surface area contributed by atoms with Crippen molar-refractivity contribution in [1.29, 1.82) is 0 Å². The first kappa shape index (κ1) is 14.5. The summed E-state index contributed by atoms with van der Waals surface area (Å²) in [5.74, 6) is -1.35. The summed E-state index contributed by atoms with van der Waals surface area (Å²) >= 11 is 1.18. The summed E-state index contributed by atoms with van der Waals surface area (Å²) in [6.45, 7) is -2.05. The lowest BCUT2D eigenvalue weighted by molar-refractivity contribution is -0.191. The van der Waals surface area contributed by atoms with Gasteiger partial charge in [0.25, 0.3) is 11.8 Å². The van der Waals surface area contributed by atoms with Gasteiger partial charge in [0.15, 0.2) is 6.61 Å². The number of thiophene rings is 1. The number of amides is 2. The van der Waals surface area contributed by atoms with Crippen LogP contribution < -0.4 is 10.8 Å². The van der Waals surface area contributed by atoms with E-state index < -0.39 is 31.1 Å². The smallest absolute Gasteiger partial charge is 0.342 e. The second-order valence-corrected chi connectivity index (χ2v) is 4.04. The Kier molecular flexibility index (Phi) is 5.10. The third kappa shape index (κ3) is 5.64. The average molecular weight is 282 g/mol. The lowest BCUT2D eigenvalue weighted by Crippen LogP contribution is -2.38. The number of carbonyl (C=O) groups excluding carboxylic acids is 2. The van der Waals surface area contributed by atoms with Gasteiger partial charge < -0.3 is 5.32 Å². The van der Waals surface area contributed by atoms with Gasteiger partial charge in [-0.05, 0) is 11.4 Å². The molecule has 9 heteroatoms. The molecule has 100 valence electrons.